The standard InChI is InChI=1S/C41H45N3O5P2/c1-5-42(6-2)40(45)38(50(48,32-22-13-9-14-23-32)33-24-15-10-16-25-33)36-30-21-31-37(44(36)47)39(41(46)43(7-3)8-4)51(49,34-26-17-11-18-27-34)35-28-19-12-20-29-35/h9-31,38-39H,5-8H2,1-4H3/t38-,39-/m0/s1. The molecule has 5 aromatic rings. The van der Waals surface area contributed by atoms with E-state index in [0.29, 0.717) is 52.1 Å². The average molecular weight is 722 g/mol. The van der Waals surface area contributed by atoms with Gasteiger partial charge in [-0.25, -0.2) is 0 Å². The Morgan fingerprint density at radius 3 is 0.980 bits per heavy atom. The first-order chi connectivity index (χ1) is 24.7. The summed E-state index contributed by atoms with van der Waals surface area (Å²) in [5.41, 5.74) is -3.05. The van der Waals surface area contributed by atoms with Crippen LogP contribution in [-0.2, 0) is 18.7 Å². The first-order valence-corrected chi connectivity index (χ1v) is 20.9. The molecule has 10 heteroatoms. The molecule has 0 saturated heterocycles. The summed E-state index contributed by atoms with van der Waals surface area (Å²) in [4.78, 5) is 32.7. The van der Waals surface area contributed by atoms with Crippen LogP contribution in [-0.4, -0.2) is 47.8 Å². The zero-order chi connectivity index (χ0) is 36.6. The highest BCUT2D eigenvalue weighted by Crippen LogP contribution is 2.59. The number of carbonyl (C=O) groups excluding carboxylic acids is 2. The van der Waals surface area contributed by atoms with Crippen LogP contribution in [0.25, 0.3) is 0 Å². The summed E-state index contributed by atoms with van der Waals surface area (Å²) < 4.78 is 32.5. The predicted molar refractivity (Wildman–Crippen MR) is 206 cm³/mol. The maximum atomic E-state index is 16.0. The summed E-state index contributed by atoms with van der Waals surface area (Å²) in [6.45, 7) is 8.66. The van der Waals surface area contributed by atoms with E-state index in [0.717, 1.165) is 0 Å². The molecule has 0 fully saturated rings. The lowest BCUT2D eigenvalue weighted by molar-refractivity contribution is -0.621. The fourth-order valence-electron chi connectivity index (χ4n) is 6.78. The first kappa shape index (κ1) is 37.5. The minimum atomic E-state index is -3.96. The van der Waals surface area contributed by atoms with E-state index in [2.05, 4.69) is 0 Å². The molecule has 0 radical (unpaired) electrons. The summed E-state index contributed by atoms with van der Waals surface area (Å²) in [5.74, 6) is -0.947. The van der Waals surface area contributed by atoms with E-state index in [1.54, 1.807) is 113 Å². The zero-order valence-corrected chi connectivity index (χ0v) is 31.3. The first-order valence-electron chi connectivity index (χ1n) is 17.4. The van der Waals surface area contributed by atoms with Gasteiger partial charge in [0.05, 0.1) is 0 Å². The second-order valence-electron chi connectivity index (χ2n) is 12.2. The summed E-state index contributed by atoms with van der Waals surface area (Å²) in [7, 11) is -7.91. The summed E-state index contributed by atoms with van der Waals surface area (Å²) in [6.07, 6.45) is 0. The van der Waals surface area contributed by atoms with Crippen molar-refractivity contribution >= 4 is 47.3 Å². The van der Waals surface area contributed by atoms with Crippen molar-refractivity contribution < 1.29 is 23.4 Å². The topological polar surface area (TPSA) is 102 Å². The van der Waals surface area contributed by atoms with Crippen molar-refractivity contribution in [2.45, 2.75) is 39.0 Å². The second kappa shape index (κ2) is 16.5. The highest BCUT2D eigenvalue weighted by Gasteiger charge is 2.52. The molecule has 8 nitrogen and oxygen atoms in total. The van der Waals surface area contributed by atoms with Gasteiger partial charge < -0.3 is 24.1 Å². The maximum absolute atomic E-state index is 16.0. The van der Waals surface area contributed by atoms with Crippen LogP contribution in [0, 0.1) is 5.21 Å². The molecule has 0 aliphatic carbocycles. The third-order valence-electron chi connectivity index (χ3n) is 9.47. The van der Waals surface area contributed by atoms with E-state index in [9.17, 15) is 9.59 Å². The molecule has 2 amide bonds. The molecule has 1 heterocycles. The van der Waals surface area contributed by atoms with Gasteiger partial charge in [-0.1, -0.05) is 121 Å². The Morgan fingerprint density at radius 2 is 0.745 bits per heavy atom. The fraction of sp³-hybridized carbons (Fsp3) is 0.244. The molecule has 51 heavy (non-hydrogen) atoms. The third-order valence-corrected chi connectivity index (χ3v) is 16.2. The smallest absolute Gasteiger partial charge is 0.244 e. The molecular weight excluding hydrogens is 676 g/mol. The number of nitrogens with zero attached hydrogens (tertiary/aromatic N) is 3. The van der Waals surface area contributed by atoms with Crippen molar-refractivity contribution in [2.24, 2.45) is 0 Å². The highest BCUT2D eigenvalue weighted by molar-refractivity contribution is 7.80. The molecule has 0 spiro atoms. The summed E-state index contributed by atoms with van der Waals surface area (Å²) >= 11 is 0. The van der Waals surface area contributed by atoms with Crippen LogP contribution < -0.4 is 25.9 Å². The monoisotopic (exact) mass is 721 g/mol. The van der Waals surface area contributed by atoms with Crippen molar-refractivity contribution in [3.05, 3.63) is 156 Å². The third kappa shape index (κ3) is 7.08. The molecule has 2 atom stereocenters. The van der Waals surface area contributed by atoms with Crippen LogP contribution in [0.15, 0.2) is 140 Å². The second-order valence-corrected chi connectivity index (χ2v) is 17.9. The molecule has 264 valence electrons. The number of hydrogen-bond donors (Lipinski definition) is 0. The number of carbonyl (C=O) groups is 2. The van der Waals surface area contributed by atoms with Crippen molar-refractivity contribution in [1.82, 2.24) is 9.80 Å². The Kier molecular flexibility index (Phi) is 12.1. The molecule has 0 unspecified atom stereocenters. The Balaban J connectivity index is 1.88. The Morgan fingerprint density at radius 1 is 0.490 bits per heavy atom. The van der Waals surface area contributed by atoms with E-state index in [4.69, 9.17) is 0 Å². The summed E-state index contributed by atoms with van der Waals surface area (Å²) in [5, 5.41) is 16.9. The predicted octanol–water partition coefficient (Wildman–Crippen LogP) is 6.17. The Bertz CT molecular complexity index is 1790. The number of amides is 2. The minimum absolute atomic E-state index is 0.0783. The van der Waals surface area contributed by atoms with Gasteiger partial charge in [0, 0.05) is 59.5 Å². The molecule has 5 rings (SSSR count). The normalized spacial score (nSPS) is 12.9. The van der Waals surface area contributed by atoms with Crippen molar-refractivity contribution in [1.29, 1.82) is 0 Å². The molecule has 0 N–H and O–H groups in total. The van der Waals surface area contributed by atoms with E-state index < -0.39 is 37.4 Å². The minimum Gasteiger partial charge on any atom is -0.618 e. The van der Waals surface area contributed by atoms with E-state index in [-0.39, 0.29) is 11.4 Å². The molecular formula is C41H45N3O5P2. The molecule has 4 aromatic carbocycles. The van der Waals surface area contributed by atoms with Crippen LogP contribution in [0.4, 0.5) is 0 Å². The van der Waals surface area contributed by atoms with Crippen LogP contribution in [0.5, 0.6) is 0 Å². The van der Waals surface area contributed by atoms with Gasteiger partial charge in [-0.05, 0) is 33.8 Å². The lowest BCUT2D eigenvalue weighted by Gasteiger charge is -2.33. The van der Waals surface area contributed by atoms with Crippen LogP contribution in [0.3, 0.4) is 0 Å². The van der Waals surface area contributed by atoms with Gasteiger partial charge in [-0.3, -0.25) is 9.59 Å². The fourth-order valence-corrected chi connectivity index (χ4v) is 13.1. The molecule has 1 aromatic heterocycles. The zero-order valence-electron chi connectivity index (χ0n) is 29.5. The largest absolute Gasteiger partial charge is 0.618 e. The quantitative estimate of drug-likeness (QED) is 0.0777. The number of aromatic nitrogens is 1. The maximum Gasteiger partial charge on any atom is 0.244 e. The van der Waals surface area contributed by atoms with Crippen molar-refractivity contribution in [2.75, 3.05) is 26.2 Å². The molecule has 0 aliphatic rings. The van der Waals surface area contributed by atoms with Crippen LogP contribution in [0.2, 0.25) is 0 Å². The SMILES string of the molecule is CCN(CC)C(=O)[C@H](c1cccc([C@@H](C(=O)N(CC)CC)P(=O)(c2ccccc2)c2ccccc2)[n+]1[O-])P(=O)(c1ccccc1)c1ccccc1. The lowest BCUT2D eigenvalue weighted by Crippen LogP contribution is -2.48. The van der Waals surface area contributed by atoms with Gasteiger partial charge in [0.15, 0.2) is 25.6 Å². The lowest BCUT2D eigenvalue weighted by atomic mass is 10.1. The molecule has 0 aliphatic heterocycles. The number of hydrogen-bond acceptors (Lipinski definition) is 5. The van der Waals surface area contributed by atoms with Gasteiger partial charge in [-0.2, -0.15) is 4.73 Å². The van der Waals surface area contributed by atoms with Crippen molar-refractivity contribution in [3.63, 3.8) is 0 Å². The number of benzene rings is 4. The van der Waals surface area contributed by atoms with E-state index in [1.807, 2.05) is 52.0 Å². The molecule has 0 bridgehead atoms. The van der Waals surface area contributed by atoms with Crippen LogP contribution in [0.1, 0.15) is 50.4 Å². The number of pyridine rings is 1. The number of rotatable bonds is 14. The van der Waals surface area contributed by atoms with Gasteiger partial charge in [0.25, 0.3) is 0 Å². The summed E-state index contributed by atoms with van der Waals surface area (Å²) in [6, 6.07) is 39.8. The number of likely N-dealkylation sites (N-methyl/N-ethyl adjacent to an activating group) is 2. The molecule has 0 saturated carbocycles. The van der Waals surface area contributed by atoms with E-state index >= 15 is 14.3 Å². The van der Waals surface area contributed by atoms with Gasteiger partial charge in [0.1, 0.15) is 0 Å². The highest BCUT2D eigenvalue weighted by atomic mass is 31.2. The Labute approximate surface area is 301 Å². The van der Waals surface area contributed by atoms with Gasteiger partial charge in [0.2, 0.25) is 23.2 Å². The Hall–Kier alpha value is -4.77. The van der Waals surface area contributed by atoms with Gasteiger partial charge >= 0.3 is 0 Å². The average Bonchev–Trinajstić information content (AvgIpc) is 3.18. The van der Waals surface area contributed by atoms with Crippen molar-refractivity contribution in [3.8, 4) is 0 Å². The van der Waals surface area contributed by atoms with Crippen LogP contribution >= 0.6 is 14.3 Å². The van der Waals surface area contributed by atoms with Gasteiger partial charge in [-0.15, -0.1) is 0 Å². The van der Waals surface area contributed by atoms with E-state index in [1.165, 1.54) is 12.1 Å².